The highest BCUT2D eigenvalue weighted by molar-refractivity contribution is 5.77. The van der Waals surface area contributed by atoms with E-state index >= 15 is 0 Å². The van der Waals surface area contributed by atoms with Gasteiger partial charge >= 0.3 is 0 Å². The standard InChI is InChI=1S/C10H19N3O/c1-12-10(14)4-7-13(12)8-9-2-5-11-6-3-9/h9,11H,2-8H2,1H3. The van der Waals surface area contributed by atoms with Gasteiger partial charge < -0.3 is 5.32 Å². The van der Waals surface area contributed by atoms with E-state index in [0.29, 0.717) is 6.42 Å². The van der Waals surface area contributed by atoms with Gasteiger partial charge in [-0.15, -0.1) is 0 Å². The number of hydrogen-bond acceptors (Lipinski definition) is 3. The van der Waals surface area contributed by atoms with Gasteiger partial charge in [-0.1, -0.05) is 0 Å². The van der Waals surface area contributed by atoms with Crippen LogP contribution in [0.25, 0.3) is 0 Å². The molecule has 0 saturated carbocycles. The summed E-state index contributed by atoms with van der Waals surface area (Å²) in [4.78, 5) is 11.3. The molecule has 0 bridgehead atoms. The molecule has 2 saturated heterocycles. The van der Waals surface area contributed by atoms with Crippen molar-refractivity contribution in [2.75, 3.05) is 33.2 Å². The van der Waals surface area contributed by atoms with Gasteiger partial charge in [0.25, 0.3) is 0 Å². The molecule has 1 N–H and O–H groups in total. The Morgan fingerprint density at radius 2 is 2.14 bits per heavy atom. The largest absolute Gasteiger partial charge is 0.317 e. The minimum Gasteiger partial charge on any atom is -0.317 e. The van der Waals surface area contributed by atoms with Crippen LogP contribution in [0.4, 0.5) is 0 Å². The van der Waals surface area contributed by atoms with Gasteiger partial charge in [0.1, 0.15) is 0 Å². The molecule has 0 atom stereocenters. The van der Waals surface area contributed by atoms with Crippen molar-refractivity contribution in [3.05, 3.63) is 0 Å². The van der Waals surface area contributed by atoms with Crippen molar-refractivity contribution < 1.29 is 4.79 Å². The average molecular weight is 197 g/mol. The van der Waals surface area contributed by atoms with E-state index in [4.69, 9.17) is 0 Å². The molecule has 1 amide bonds. The number of carbonyl (C=O) groups is 1. The van der Waals surface area contributed by atoms with Gasteiger partial charge in [0.2, 0.25) is 5.91 Å². The zero-order valence-corrected chi connectivity index (χ0v) is 8.83. The maximum atomic E-state index is 11.3. The maximum absolute atomic E-state index is 11.3. The summed E-state index contributed by atoms with van der Waals surface area (Å²) in [6, 6.07) is 0. The van der Waals surface area contributed by atoms with Crippen LogP contribution in [0.5, 0.6) is 0 Å². The average Bonchev–Trinajstić information content (AvgIpc) is 2.52. The normalized spacial score (nSPS) is 26.1. The summed E-state index contributed by atoms with van der Waals surface area (Å²) in [5.41, 5.74) is 0. The Labute approximate surface area is 85.2 Å². The van der Waals surface area contributed by atoms with Crippen molar-refractivity contribution in [2.45, 2.75) is 19.3 Å². The van der Waals surface area contributed by atoms with Crippen LogP contribution >= 0.6 is 0 Å². The molecule has 4 nitrogen and oxygen atoms in total. The molecule has 0 unspecified atom stereocenters. The van der Waals surface area contributed by atoms with E-state index in [1.54, 1.807) is 5.01 Å². The number of amides is 1. The molecule has 0 spiro atoms. The highest BCUT2D eigenvalue weighted by Gasteiger charge is 2.27. The summed E-state index contributed by atoms with van der Waals surface area (Å²) in [5.74, 6) is 1.03. The highest BCUT2D eigenvalue weighted by atomic mass is 16.2. The number of nitrogens with zero attached hydrogens (tertiary/aromatic N) is 2. The monoisotopic (exact) mass is 197 g/mol. The van der Waals surface area contributed by atoms with E-state index in [9.17, 15) is 4.79 Å². The number of piperidine rings is 1. The van der Waals surface area contributed by atoms with Crippen LogP contribution in [-0.4, -0.2) is 49.2 Å². The quantitative estimate of drug-likeness (QED) is 0.680. The van der Waals surface area contributed by atoms with E-state index in [-0.39, 0.29) is 5.91 Å². The second-order valence-electron chi connectivity index (χ2n) is 4.27. The third-order valence-corrected chi connectivity index (χ3v) is 3.30. The fraction of sp³-hybridized carbons (Fsp3) is 0.900. The SMILES string of the molecule is CN1C(=O)CCN1CC1CCNCC1. The summed E-state index contributed by atoms with van der Waals surface area (Å²) in [5, 5.41) is 7.35. The fourth-order valence-electron chi connectivity index (χ4n) is 2.27. The number of nitrogens with one attached hydrogen (secondary N) is 1. The second-order valence-corrected chi connectivity index (χ2v) is 4.27. The van der Waals surface area contributed by atoms with Crippen LogP contribution in [0.2, 0.25) is 0 Å². The predicted octanol–water partition coefficient (Wildman–Crippen LogP) is 0.0651. The molecule has 80 valence electrons. The summed E-state index contributed by atoms with van der Waals surface area (Å²) in [7, 11) is 1.89. The van der Waals surface area contributed by atoms with Crippen molar-refractivity contribution in [2.24, 2.45) is 5.92 Å². The Morgan fingerprint density at radius 3 is 2.71 bits per heavy atom. The molecule has 2 aliphatic rings. The fourth-order valence-corrected chi connectivity index (χ4v) is 2.27. The van der Waals surface area contributed by atoms with Crippen LogP contribution in [0, 0.1) is 5.92 Å². The third kappa shape index (κ3) is 2.07. The number of hydrazine groups is 1. The molecule has 0 aromatic carbocycles. The smallest absolute Gasteiger partial charge is 0.237 e. The minimum absolute atomic E-state index is 0.263. The van der Waals surface area contributed by atoms with Gasteiger partial charge in [-0.3, -0.25) is 9.80 Å². The lowest BCUT2D eigenvalue weighted by Crippen LogP contribution is -2.41. The second kappa shape index (κ2) is 4.28. The molecular formula is C10H19N3O. The number of rotatable bonds is 2. The maximum Gasteiger partial charge on any atom is 0.237 e. The van der Waals surface area contributed by atoms with E-state index < -0.39 is 0 Å². The topological polar surface area (TPSA) is 35.6 Å². The Hall–Kier alpha value is -0.610. The zero-order valence-electron chi connectivity index (χ0n) is 8.83. The van der Waals surface area contributed by atoms with Crippen LogP contribution in [0.3, 0.4) is 0 Å². The van der Waals surface area contributed by atoms with Crippen LogP contribution in [0.15, 0.2) is 0 Å². The van der Waals surface area contributed by atoms with Crippen LogP contribution < -0.4 is 5.32 Å². The van der Waals surface area contributed by atoms with Crippen molar-refractivity contribution in [1.29, 1.82) is 0 Å². The molecule has 0 aromatic heterocycles. The molecule has 2 aliphatic heterocycles. The zero-order chi connectivity index (χ0) is 9.97. The lowest BCUT2D eigenvalue weighted by Gasteiger charge is -2.30. The molecule has 14 heavy (non-hydrogen) atoms. The lowest BCUT2D eigenvalue weighted by molar-refractivity contribution is -0.135. The first-order valence-corrected chi connectivity index (χ1v) is 5.49. The Morgan fingerprint density at radius 1 is 1.43 bits per heavy atom. The Balaban J connectivity index is 1.81. The number of carbonyl (C=O) groups excluding carboxylic acids is 1. The lowest BCUT2D eigenvalue weighted by atomic mass is 9.98. The van der Waals surface area contributed by atoms with Gasteiger partial charge in [-0.05, 0) is 31.8 Å². The minimum atomic E-state index is 0.263. The van der Waals surface area contributed by atoms with Gasteiger partial charge in [-0.2, -0.15) is 0 Å². The van der Waals surface area contributed by atoms with Gasteiger partial charge in [-0.25, -0.2) is 5.01 Å². The Bertz CT molecular complexity index is 213. The summed E-state index contributed by atoms with van der Waals surface area (Å²) >= 11 is 0. The first-order valence-electron chi connectivity index (χ1n) is 5.49. The summed E-state index contributed by atoms with van der Waals surface area (Å²) in [6.07, 6.45) is 3.19. The van der Waals surface area contributed by atoms with E-state index in [1.807, 2.05) is 7.05 Å². The highest BCUT2D eigenvalue weighted by Crippen LogP contribution is 2.17. The third-order valence-electron chi connectivity index (χ3n) is 3.30. The van der Waals surface area contributed by atoms with Gasteiger partial charge in [0.15, 0.2) is 0 Å². The molecule has 0 radical (unpaired) electrons. The first-order chi connectivity index (χ1) is 6.77. The predicted molar refractivity (Wildman–Crippen MR) is 54.6 cm³/mol. The van der Waals surface area contributed by atoms with Crippen molar-refractivity contribution in [3.63, 3.8) is 0 Å². The van der Waals surface area contributed by atoms with E-state index in [0.717, 1.165) is 32.1 Å². The van der Waals surface area contributed by atoms with Crippen molar-refractivity contribution in [1.82, 2.24) is 15.3 Å². The summed E-state index contributed by atoms with van der Waals surface area (Å²) < 4.78 is 0. The molecule has 2 fully saturated rings. The van der Waals surface area contributed by atoms with Gasteiger partial charge in [0.05, 0.1) is 0 Å². The molecule has 4 heteroatoms. The Kier molecular flexibility index (Phi) is 3.03. The van der Waals surface area contributed by atoms with Gasteiger partial charge in [0, 0.05) is 26.6 Å². The van der Waals surface area contributed by atoms with Crippen LogP contribution in [0.1, 0.15) is 19.3 Å². The molecule has 0 aliphatic carbocycles. The molecule has 2 heterocycles. The summed E-state index contributed by atoms with van der Waals surface area (Å²) in [6.45, 7) is 4.25. The van der Waals surface area contributed by atoms with E-state index in [1.165, 1.54) is 12.8 Å². The first kappa shape index (κ1) is 9.93. The van der Waals surface area contributed by atoms with E-state index in [2.05, 4.69) is 10.3 Å². The van der Waals surface area contributed by atoms with Crippen LogP contribution in [-0.2, 0) is 4.79 Å². The molecular weight excluding hydrogens is 178 g/mol. The molecule has 2 rings (SSSR count). The molecule has 0 aromatic rings. The number of hydrogen-bond donors (Lipinski definition) is 1. The van der Waals surface area contributed by atoms with Crippen molar-refractivity contribution in [3.8, 4) is 0 Å². The van der Waals surface area contributed by atoms with Crippen molar-refractivity contribution >= 4 is 5.91 Å².